The number of hydrogen-bond donors (Lipinski definition) is 3. The highest BCUT2D eigenvalue weighted by Gasteiger charge is 2.20. The zero-order valence-corrected chi connectivity index (χ0v) is 15.1. The number of quaternary nitrogens is 1. The van der Waals surface area contributed by atoms with E-state index in [1.165, 1.54) is 7.11 Å². The van der Waals surface area contributed by atoms with Crippen molar-refractivity contribution in [3.63, 3.8) is 0 Å². The van der Waals surface area contributed by atoms with Crippen molar-refractivity contribution in [1.82, 2.24) is 5.32 Å². The highest BCUT2D eigenvalue weighted by Crippen LogP contribution is 2.15. The van der Waals surface area contributed by atoms with E-state index in [1.807, 2.05) is 6.92 Å². The van der Waals surface area contributed by atoms with Gasteiger partial charge in [-0.1, -0.05) is 12.1 Å². The maximum atomic E-state index is 12.2. The molecule has 0 radical (unpaired) electrons. The summed E-state index contributed by atoms with van der Waals surface area (Å²) in [6, 6.07) is 6.46. The Labute approximate surface area is 151 Å². The van der Waals surface area contributed by atoms with Crippen LogP contribution in [0.2, 0.25) is 0 Å². The maximum Gasteiger partial charge on any atom is 0.414 e. The summed E-state index contributed by atoms with van der Waals surface area (Å²) in [5.41, 5.74) is 0.567. The molecule has 1 aromatic rings. The van der Waals surface area contributed by atoms with Crippen LogP contribution in [0.1, 0.15) is 24.2 Å². The fraction of sp³-hybridized carbons (Fsp3) is 0.412. The topological polar surface area (TPSA) is 115 Å². The lowest BCUT2D eigenvalue weighted by atomic mass is 10.2. The van der Waals surface area contributed by atoms with Gasteiger partial charge >= 0.3 is 12.1 Å². The highest BCUT2D eigenvalue weighted by atomic mass is 16.5. The minimum atomic E-state index is -0.815. The van der Waals surface area contributed by atoms with Crippen molar-refractivity contribution in [3.05, 3.63) is 29.8 Å². The molecule has 0 aliphatic carbocycles. The zero-order chi connectivity index (χ0) is 19.5. The first kappa shape index (κ1) is 21.1. The second-order valence-corrected chi connectivity index (χ2v) is 5.31. The molecule has 0 saturated carbocycles. The van der Waals surface area contributed by atoms with Crippen LogP contribution in [0.3, 0.4) is 0 Å². The fourth-order valence-corrected chi connectivity index (χ4v) is 2.17. The van der Waals surface area contributed by atoms with Crippen LogP contribution in [0.15, 0.2) is 24.3 Å². The van der Waals surface area contributed by atoms with Crippen LogP contribution in [0.5, 0.6) is 0 Å². The first-order valence-electron chi connectivity index (χ1n) is 8.18. The van der Waals surface area contributed by atoms with Gasteiger partial charge in [0.05, 0.1) is 31.5 Å². The zero-order valence-electron chi connectivity index (χ0n) is 15.1. The second-order valence-electron chi connectivity index (χ2n) is 5.31. The summed E-state index contributed by atoms with van der Waals surface area (Å²) in [5.74, 6) is -1.47. The molecule has 3 amide bonds. The van der Waals surface area contributed by atoms with Gasteiger partial charge < -0.3 is 19.7 Å². The van der Waals surface area contributed by atoms with Crippen LogP contribution in [0, 0.1) is 0 Å². The number of para-hydroxylation sites is 1. The third-order valence-corrected chi connectivity index (χ3v) is 3.44. The van der Waals surface area contributed by atoms with Crippen molar-refractivity contribution in [1.29, 1.82) is 0 Å². The second kappa shape index (κ2) is 10.8. The normalized spacial score (nSPS) is 11.2. The Bertz CT molecular complexity index is 662. The van der Waals surface area contributed by atoms with E-state index in [2.05, 4.69) is 20.1 Å². The van der Waals surface area contributed by atoms with Crippen LogP contribution < -0.4 is 15.5 Å². The summed E-state index contributed by atoms with van der Waals surface area (Å²) in [7, 11) is 1.26. The van der Waals surface area contributed by atoms with Crippen molar-refractivity contribution in [2.45, 2.75) is 13.8 Å². The number of nitrogens with one attached hydrogen (secondary N) is 3. The van der Waals surface area contributed by atoms with E-state index in [9.17, 15) is 19.2 Å². The summed E-state index contributed by atoms with van der Waals surface area (Å²) in [6.07, 6.45) is -0.815. The standard InChI is InChI=1S/C17H23N3O6/c1-4-20(11-15(22)19-17(24)26-5-2)10-14(21)18-13-9-7-6-8-12(13)16(23)25-3/h6-9H,4-5,10-11H2,1-3H3,(H,18,21)(H,19,22,24)/p+1. The Morgan fingerprint density at radius 2 is 1.69 bits per heavy atom. The fourth-order valence-electron chi connectivity index (χ4n) is 2.17. The van der Waals surface area contributed by atoms with Crippen molar-refractivity contribution in [3.8, 4) is 0 Å². The number of carbonyl (C=O) groups excluding carboxylic acids is 4. The number of alkyl carbamates (subject to hydrolysis) is 1. The Balaban J connectivity index is 2.64. The quantitative estimate of drug-likeness (QED) is 0.539. The van der Waals surface area contributed by atoms with Crippen LogP contribution in [0.25, 0.3) is 0 Å². The molecule has 142 valence electrons. The number of carbonyl (C=O) groups is 4. The van der Waals surface area contributed by atoms with E-state index in [4.69, 9.17) is 0 Å². The van der Waals surface area contributed by atoms with E-state index in [-0.39, 0.29) is 31.2 Å². The van der Waals surface area contributed by atoms with Gasteiger partial charge in [-0.15, -0.1) is 0 Å². The number of hydrogen-bond acceptors (Lipinski definition) is 6. The lowest BCUT2D eigenvalue weighted by Crippen LogP contribution is -3.14. The number of imide groups is 1. The predicted octanol–water partition coefficient (Wildman–Crippen LogP) is -0.411. The van der Waals surface area contributed by atoms with E-state index in [0.29, 0.717) is 17.1 Å². The number of likely N-dealkylation sites (N-methyl/N-ethyl adjacent to an activating group) is 1. The summed E-state index contributed by atoms with van der Waals surface area (Å²) < 4.78 is 9.31. The molecular weight excluding hydrogens is 342 g/mol. The van der Waals surface area contributed by atoms with Gasteiger partial charge in [0, 0.05) is 0 Å². The molecular formula is C17H24N3O6+. The molecule has 3 N–H and O–H groups in total. The summed E-state index contributed by atoms with van der Waals surface area (Å²) in [6.45, 7) is 4.00. The largest absolute Gasteiger partial charge is 0.465 e. The average Bonchev–Trinajstić information content (AvgIpc) is 2.60. The molecule has 1 unspecified atom stereocenters. The summed E-state index contributed by atoms with van der Waals surface area (Å²) in [4.78, 5) is 47.6. The minimum absolute atomic E-state index is 0.0117. The predicted molar refractivity (Wildman–Crippen MR) is 92.8 cm³/mol. The van der Waals surface area contributed by atoms with Crippen molar-refractivity contribution >= 4 is 29.6 Å². The molecule has 0 heterocycles. The minimum Gasteiger partial charge on any atom is -0.465 e. The summed E-state index contributed by atoms with van der Waals surface area (Å²) in [5, 5.41) is 4.73. The number of rotatable bonds is 8. The van der Waals surface area contributed by atoms with Gasteiger partial charge in [0.15, 0.2) is 13.1 Å². The Kier molecular flexibility index (Phi) is 8.79. The van der Waals surface area contributed by atoms with E-state index in [0.717, 1.165) is 0 Å². The van der Waals surface area contributed by atoms with Crippen molar-refractivity contribution < 1.29 is 33.6 Å². The van der Waals surface area contributed by atoms with Crippen molar-refractivity contribution in [2.75, 3.05) is 38.7 Å². The smallest absolute Gasteiger partial charge is 0.414 e. The average molecular weight is 366 g/mol. The molecule has 0 saturated heterocycles. The molecule has 26 heavy (non-hydrogen) atoms. The van der Waals surface area contributed by atoms with Gasteiger partial charge in [-0.2, -0.15) is 0 Å². The monoisotopic (exact) mass is 366 g/mol. The lowest BCUT2D eigenvalue weighted by Gasteiger charge is -2.17. The third kappa shape index (κ3) is 6.89. The lowest BCUT2D eigenvalue weighted by molar-refractivity contribution is -0.881. The van der Waals surface area contributed by atoms with Gasteiger partial charge in [0.2, 0.25) is 0 Å². The summed E-state index contributed by atoms with van der Waals surface area (Å²) >= 11 is 0. The van der Waals surface area contributed by atoms with Gasteiger partial charge in [0.1, 0.15) is 0 Å². The molecule has 9 heteroatoms. The Morgan fingerprint density at radius 1 is 1.04 bits per heavy atom. The maximum absolute atomic E-state index is 12.2. The number of benzene rings is 1. The van der Waals surface area contributed by atoms with Gasteiger partial charge in [-0.25, -0.2) is 9.59 Å². The first-order chi connectivity index (χ1) is 12.4. The number of amides is 3. The number of anilines is 1. The van der Waals surface area contributed by atoms with Crippen LogP contribution in [-0.2, 0) is 19.1 Å². The molecule has 0 aliphatic heterocycles. The van der Waals surface area contributed by atoms with Crippen LogP contribution >= 0.6 is 0 Å². The molecule has 1 rings (SSSR count). The van der Waals surface area contributed by atoms with Gasteiger partial charge in [-0.05, 0) is 26.0 Å². The van der Waals surface area contributed by atoms with Crippen LogP contribution in [0.4, 0.5) is 10.5 Å². The molecule has 0 spiro atoms. The molecule has 1 atom stereocenters. The molecule has 1 aromatic carbocycles. The van der Waals surface area contributed by atoms with E-state index >= 15 is 0 Å². The molecule has 0 fully saturated rings. The van der Waals surface area contributed by atoms with Gasteiger partial charge in [0.25, 0.3) is 11.8 Å². The molecule has 0 aliphatic rings. The van der Waals surface area contributed by atoms with E-state index < -0.39 is 18.0 Å². The first-order valence-corrected chi connectivity index (χ1v) is 8.18. The highest BCUT2D eigenvalue weighted by molar-refractivity contribution is 6.01. The third-order valence-electron chi connectivity index (χ3n) is 3.44. The number of methoxy groups -OCH3 is 1. The Morgan fingerprint density at radius 3 is 2.31 bits per heavy atom. The molecule has 9 nitrogen and oxygen atoms in total. The molecule has 0 bridgehead atoms. The SMILES string of the molecule is CCOC(=O)NC(=O)C[NH+](CC)CC(=O)Nc1ccccc1C(=O)OC. The molecule has 0 aromatic heterocycles. The number of ether oxygens (including phenoxy) is 2. The van der Waals surface area contributed by atoms with Gasteiger partial charge in [-0.3, -0.25) is 14.9 Å². The Hall–Kier alpha value is -2.94. The van der Waals surface area contributed by atoms with E-state index in [1.54, 1.807) is 31.2 Å². The van der Waals surface area contributed by atoms with Crippen LogP contribution in [-0.4, -0.2) is 57.2 Å². The number of esters is 1. The van der Waals surface area contributed by atoms with Crippen molar-refractivity contribution in [2.24, 2.45) is 0 Å².